The highest BCUT2D eigenvalue weighted by atomic mass is 16.3. The third-order valence-electron chi connectivity index (χ3n) is 15.7. The first-order valence-electron chi connectivity index (χ1n) is 23.2. The van der Waals surface area contributed by atoms with Gasteiger partial charge in [-0.05, 0) is 79.9 Å². The maximum atomic E-state index is 6.63. The summed E-state index contributed by atoms with van der Waals surface area (Å²) in [4.78, 5) is 2.60. The van der Waals surface area contributed by atoms with Crippen LogP contribution in [0.4, 0.5) is 17.1 Å². The first-order chi connectivity index (χ1) is 31.2. The molecule has 0 fully saturated rings. The van der Waals surface area contributed by atoms with Crippen LogP contribution in [0.15, 0.2) is 126 Å². The molecule has 0 atom stereocenters. The minimum absolute atomic E-state index is 0.907. The lowest BCUT2D eigenvalue weighted by Crippen LogP contribution is -2.57. The first-order valence-corrected chi connectivity index (χ1v) is 23.2. The Morgan fingerprint density at radius 2 is 0.815 bits per heavy atom. The number of benzene rings is 9. The average molecular weight is 817 g/mol. The van der Waals surface area contributed by atoms with Gasteiger partial charge in [0.05, 0.1) is 0 Å². The van der Waals surface area contributed by atoms with Crippen LogP contribution in [-0.4, -0.2) is 102 Å². The molecule has 15 heteroatoms. The molecule has 0 radical (unpaired) electrons. The molecular weight excluding hydrogens is 771 g/mol. The monoisotopic (exact) mass is 819 g/mol. The number of anilines is 3. The molecule has 9 aromatic carbocycles. The van der Waals surface area contributed by atoms with Gasteiger partial charge in [-0.1, -0.05) is 146 Å². The molecule has 0 amide bonds. The number of rotatable bonds is 6. The van der Waals surface area contributed by atoms with Crippen molar-refractivity contribution in [1.82, 2.24) is 0 Å². The molecule has 0 bridgehead atoms. The topological polar surface area (TPSA) is 16.4 Å². The molecule has 296 valence electrons. The Kier molecular flexibility index (Phi) is 10.6. The van der Waals surface area contributed by atoms with E-state index in [4.69, 9.17) is 4.42 Å². The summed E-state index contributed by atoms with van der Waals surface area (Å²) >= 11 is 0. The van der Waals surface area contributed by atoms with Crippen LogP contribution in [0.5, 0.6) is 0 Å². The summed E-state index contributed by atoms with van der Waals surface area (Å²) in [6.45, 7) is 0. The highest BCUT2D eigenvalue weighted by molar-refractivity contribution is 6.71. The van der Waals surface area contributed by atoms with Gasteiger partial charge in [0.25, 0.3) is 0 Å². The van der Waals surface area contributed by atoms with E-state index in [-0.39, 0.29) is 0 Å². The largest absolute Gasteiger partial charge is 0.455 e. The van der Waals surface area contributed by atoms with Crippen molar-refractivity contribution in [3.8, 4) is 33.4 Å². The Morgan fingerprint density at radius 1 is 0.338 bits per heavy atom. The zero-order chi connectivity index (χ0) is 45.7. The molecule has 0 aliphatic rings. The molecule has 0 N–H and O–H groups in total. The molecule has 65 heavy (non-hydrogen) atoms. The number of fused-ring (bicyclic) bond motifs is 6. The molecule has 2 nitrogen and oxygen atoms in total. The lowest BCUT2D eigenvalue weighted by molar-refractivity contribution is 0.673. The zero-order valence-electron chi connectivity index (χ0n) is 40.4. The smallest absolute Gasteiger partial charge is 0.143 e. The minimum Gasteiger partial charge on any atom is -0.455 e. The highest BCUT2D eigenvalue weighted by Gasteiger charge is 2.28. The normalized spacial score (nSPS) is 11.6. The second-order valence-electron chi connectivity index (χ2n) is 18.8. The predicted octanol–water partition coefficient (Wildman–Crippen LogP) is -8.28. The van der Waals surface area contributed by atoms with Gasteiger partial charge in [-0.2, -0.15) is 0 Å². The Balaban J connectivity index is 1.21. The molecule has 0 saturated heterocycles. The summed E-state index contributed by atoms with van der Waals surface area (Å²) < 4.78 is 6.63. The lowest BCUT2D eigenvalue weighted by atomic mass is 9.56. The summed E-state index contributed by atoms with van der Waals surface area (Å²) in [5.74, 6) is 0. The van der Waals surface area contributed by atoms with Crippen LogP contribution >= 0.6 is 0 Å². The van der Waals surface area contributed by atoms with Gasteiger partial charge in [0.15, 0.2) is 0 Å². The van der Waals surface area contributed by atoms with Gasteiger partial charge < -0.3 is 9.32 Å². The Bertz CT molecular complexity index is 3570. The lowest BCUT2D eigenvalue weighted by Gasteiger charge is -2.37. The fourth-order valence-corrected chi connectivity index (χ4v) is 11.2. The van der Waals surface area contributed by atoms with E-state index >= 15 is 0 Å². The molecule has 1 aromatic heterocycles. The van der Waals surface area contributed by atoms with E-state index in [2.05, 4.69) is 228 Å². The van der Waals surface area contributed by atoms with Crippen LogP contribution in [0, 0.1) is 0 Å². The SMILES string of the molecule is Bc1c(B)c(B)c(-c2c(B)c(B)c(N(c3ccc(-c4cccc5oc6c7ccccc7ccc6c45)cc3)c3c(B)c(B)c(-c4ccc5ccccc5c4)c(B)c3B)c(B)c2B)c(B)c1B. The highest BCUT2D eigenvalue weighted by Crippen LogP contribution is 2.40. The van der Waals surface area contributed by atoms with Gasteiger partial charge in [-0.3, -0.25) is 0 Å². The average Bonchev–Trinajstić information content (AvgIpc) is 3.72. The van der Waals surface area contributed by atoms with E-state index < -0.39 is 0 Å². The molecule has 0 spiro atoms. The van der Waals surface area contributed by atoms with Crippen molar-refractivity contribution in [3.63, 3.8) is 0 Å². The zero-order valence-corrected chi connectivity index (χ0v) is 40.4. The van der Waals surface area contributed by atoms with Gasteiger partial charge >= 0.3 is 0 Å². The maximum absolute atomic E-state index is 6.63. The van der Waals surface area contributed by atoms with Crippen LogP contribution in [0.2, 0.25) is 0 Å². The summed E-state index contributed by atoms with van der Waals surface area (Å²) in [5.41, 5.74) is 30.6. The summed E-state index contributed by atoms with van der Waals surface area (Å²) in [7, 11) is 30.2. The fourth-order valence-electron chi connectivity index (χ4n) is 11.2. The van der Waals surface area contributed by atoms with E-state index in [1.165, 1.54) is 126 Å². The van der Waals surface area contributed by atoms with Gasteiger partial charge in [-0.15, -0.1) is 16.4 Å². The van der Waals surface area contributed by atoms with E-state index in [1.807, 2.05) is 0 Å². The van der Waals surface area contributed by atoms with Crippen LogP contribution in [0.3, 0.4) is 0 Å². The van der Waals surface area contributed by atoms with Crippen molar-refractivity contribution >= 4 is 234 Å². The molecule has 10 aromatic rings. The van der Waals surface area contributed by atoms with E-state index in [0.717, 1.165) is 38.6 Å². The Hall–Kier alpha value is -6.06. The standard InChI is InChI=1S/C50H46B13NO/c51-35-31(25-13-12-21-6-1-2-8-24(21)20-25)36(52)45(61)48(44(35)60)64(49-46(62)39(55)34(40(56)47(49)63)33-37(53)41(57)43(59)42(58)38(33)54)26-17-14-23(15-18-26)27-10-5-11-30-32(27)29-19-16-22-7-3-4-9-28(22)50(29)65-30/h1-20H,51-63H2. The van der Waals surface area contributed by atoms with Gasteiger partial charge in [0, 0.05) is 33.2 Å². The summed E-state index contributed by atoms with van der Waals surface area (Å²) in [6.07, 6.45) is 0. The predicted molar refractivity (Wildman–Crippen MR) is 326 cm³/mol. The number of hydrogen-bond donors (Lipinski definition) is 0. The number of nitrogens with zero attached hydrogens (tertiary/aromatic N) is 1. The first kappa shape index (κ1) is 42.9. The Labute approximate surface area is 395 Å². The molecule has 10 rings (SSSR count). The number of furan rings is 1. The van der Waals surface area contributed by atoms with E-state index in [9.17, 15) is 0 Å². The molecule has 0 aliphatic heterocycles. The number of hydrogen-bond acceptors (Lipinski definition) is 2. The van der Waals surface area contributed by atoms with Crippen molar-refractivity contribution in [2.45, 2.75) is 0 Å². The third-order valence-corrected chi connectivity index (χ3v) is 15.7. The van der Waals surface area contributed by atoms with Crippen LogP contribution in [-0.2, 0) is 0 Å². The fraction of sp³-hybridized carbons (Fsp3) is 0. The van der Waals surface area contributed by atoms with E-state index in [1.54, 1.807) is 0 Å². The van der Waals surface area contributed by atoms with Crippen LogP contribution < -0.4 is 75.9 Å². The second kappa shape index (κ2) is 16.1. The molecule has 0 saturated carbocycles. The molecular formula is C50H46B13NO. The second-order valence-corrected chi connectivity index (χ2v) is 18.8. The quantitative estimate of drug-likeness (QED) is 0.155. The maximum Gasteiger partial charge on any atom is 0.143 e. The summed E-state index contributed by atoms with van der Waals surface area (Å²) in [6, 6.07) is 44.3. The summed E-state index contributed by atoms with van der Waals surface area (Å²) in [5, 5.41) is 7.15. The van der Waals surface area contributed by atoms with Gasteiger partial charge in [0.2, 0.25) is 0 Å². The molecule has 0 aliphatic carbocycles. The van der Waals surface area contributed by atoms with E-state index in [0.29, 0.717) is 0 Å². The van der Waals surface area contributed by atoms with Gasteiger partial charge in [0.1, 0.15) is 113 Å². The molecule has 0 unspecified atom stereocenters. The minimum atomic E-state index is 0.907. The van der Waals surface area contributed by atoms with Crippen molar-refractivity contribution in [3.05, 3.63) is 121 Å². The van der Waals surface area contributed by atoms with Crippen LogP contribution in [0.25, 0.3) is 76.9 Å². The van der Waals surface area contributed by atoms with Crippen LogP contribution in [0.1, 0.15) is 0 Å². The van der Waals surface area contributed by atoms with Crippen molar-refractivity contribution in [1.29, 1.82) is 0 Å². The van der Waals surface area contributed by atoms with Crippen molar-refractivity contribution in [2.24, 2.45) is 0 Å². The van der Waals surface area contributed by atoms with Gasteiger partial charge in [-0.25, -0.2) is 0 Å². The Morgan fingerprint density at radius 3 is 1.42 bits per heavy atom. The van der Waals surface area contributed by atoms with Crippen molar-refractivity contribution < 1.29 is 4.42 Å². The van der Waals surface area contributed by atoms with Crippen molar-refractivity contribution in [2.75, 3.05) is 4.90 Å². The molecule has 1 heterocycles. The third kappa shape index (κ3) is 6.59.